The van der Waals surface area contributed by atoms with E-state index in [2.05, 4.69) is 0 Å². The number of rotatable bonds is 2. The van der Waals surface area contributed by atoms with E-state index < -0.39 is 10.2 Å². The first-order valence-electron chi connectivity index (χ1n) is 8.42. The largest absolute Gasteiger partial charge is 0.508 e. The summed E-state index contributed by atoms with van der Waals surface area (Å²) in [5, 5.41) is 20.0. The molecule has 2 N–H and O–H groups in total. The van der Waals surface area contributed by atoms with E-state index in [1.165, 1.54) is 0 Å². The number of fused-ring (bicyclic) bond motifs is 2. The lowest BCUT2D eigenvalue weighted by Gasteiger charge is -2.17. The molecule has 154 valence electrons. The Kier molecular flexibility index (Phi) is 6.36. The van der Waals surface area contributed by atoms with E-state index in [1.54, 1.807) is 36.4 Å². The maximum atomic E-state index is 9.54. The van der Waals surface area contributed by atoms with Crippen LogP contribution in [-0.4, -0.2) is 10.2 Å². The lowest BCUT2D eigenvalue weighted by molar-refractivity contribution is -2.00. The summed E-state index contributed by atoms with van der Waals surface area (Å²) in [5.74, 6) is 2.28. The summed E-state index contributed by atoms with van der Waals surface area (Å²) in [4.78, 5) is 0. The maximum Gasteiger partial charge on any atom is 0.364 e. The first-order chi connectivity index (χ1) is 14.2. The third-order valence-corrected chi connectivity index (χ3v) is 3.83. The molecule has 0 bridgehead atoms. The second kappa shape index (κ2) is 8.95. The number of hydrogen-bond donors (Lipinski definition) is 2. The van der Waals surface area contributed by atoms with E-state index in [1.807, 2.05) is 42.5 Å². The van der Waals surface area contributed by atoms with E-state index in [-0.39, 0.29) is 11.5 Å². The fourth-order valence-electron chi connectivity index (χ4n) is 2.58. The van der Waals surface area contributed by atoms with Crippen molar-refractivity contribution >= 4 is 23.1 Å². The van der Waals surface area contributed by atoms with Crippen LogP contribution >= 0.6 is 0 Å². The summed E-state index contributed by atoms with van der Waals surface area (Å²) in [6, 6.07) is 13.8. The average molecular weight is 431 g/mol. The van der Waals surface area contributed by atoms with E-state index in [4.69, 9.17) is 27.8 Å². The van der Waals surface area contributed by atoms with Crippen LogP contribution in [0.3, 0.4) is 0 Å². The predicted molar refractivity (Wildman–Crippen MR) is 97.2 cm³/mol. The monoisotopic (exact) mass is 430 g/mol. The molecule has 1 aliphatic rings. The Bertz CT molecular complexity index is 1140. The van der Waals surface area contributed by atoms with Crippen molar-refractivity contribution in [1.82, 2.24) is 0 Å². The third-order valence-electron chi connectivity index (χ3n) is 3.83. The highest BCUT2D eigenvalue weighted by Crippen LogP contribution is 2.30. The Hall–Kier alpha value is -3.40. The highest BCUT2D eigenvalue weighted by Gasteiger charge is 2.11. The zero-order valence-electron chi connectivity index (χ0n) is 15.2. The minimum atomic E-state index is -4.94. The van der Waals surface area contributed by atoms with Gasteiger partial charge in [-0.1, -0.05) is 0 Å². The standard InChI is InChI=1S/C21H14O4.ClHO4/c22-16-8-4-14-6-10-18(24-20(14)12-16)2-1-3-19-11-7-15-5-9-17(23)13-21(15)25-19;2-1(3,4)5/h1-13H,(H-,22,23);(H,2,3,4,5). The molecule has 0 amide bonds. The number of hydrogen-bond acceptors (Lipinski definition) is 7. The molecule has 2 heterocycles. The smallest absolute Gasteiger partial charge is 0.364 e. The van der Waals surface area contributed by atoms with Crippen LogP contribution in [0.2, 0.25) is 0 Å². The zero-order chi connectivity index (χ0) is 21.7. The summed E-state index contributed by atoms with van der Waals surface area (Å²) in [7, 11) is -4.94. The first-order valence-corrected chi connectivity index (χ1v) is 9.66. The first kappa shape index (κ1) is 21.3. The lowest BCUT2D eigenvalue weighted by atomic mass is 10.1. The molecule has 0 fully saturated rings. The van der Waals surface area contributed by atoms with Crippen molar-refractivity contribution in [2.24, 2.45) is 0 Å². The summed E-state index contributed by atoms with van der Waals surface area (Å²) < 4.78 is 45.4. The molecule has 0 spiro atoms. The molecule has 1 aromatic heterocycles. The van der Waals surface area contributed by atoms with Crippen molar-refractivity contribution in [2.75, 3.05) is 0 Å². The van der Waals surface area contributed by atoms with E-state index in [0.717, 1.165) is 10.9 Å². The van der Waals surface area contributed by atoms with Gasteiger partial charge in [-0.05, 0) is 54.6 Å². The normalized spacial score (nSPS) is 14.3. The zero-order valence-corrected chi connectivity index (χ0v) is 16.0. The summed E-state index contributed by atoms with van der Waals surface area (Å²) in [6.45, 7) is 0. The molecule has 0 radical (unpaired) electrons. The van der Waals surface area contributed by atoms with Gasteiger partial charge in [0.05, 0.1) is 11.5 Å². The van der Waals surface area contributed by atoms with Gasteiger partial charge in [-0.25, -0.2) is 23.1 Å². The number of phenolic OH excluding ortho intramolecular Hbond substituents is 2. The van der Waals surface area contributed by atoms with Gasteiger partial charge in [0.25, 0.3) is 0 Å². The molecular weight excluding hydrogens is 416 g/mol. The molecule has 1 aliphatic heterocycles. The van der Waals surface area contributed by atoms with Crippen LogP contribution in [0.4, 0.5) is 0 Å². The van der Waals surface area contributed by atoms with Crippen molar-refractivity contribution in [3.05, 3.63) is 83.8 Å². The van der Waals surface area contributed by atoms with E-state index >= 15 is 0 Å². The highest BCUT2D eigenvalue weighted by atomic mass is 35.7. The molecule has 0 saturated heterocycles. The SMILES string of the molecule is Oc1ccc2c(c1)OC(=CC=Cc1ccc3ccc(O)cc3[o+]1)C=C2.[O-][Cl+3]([O-])([O-])[O-]. The number of allylic oxidation sites excluding steroid dienone is 3. The van der Waals surface area contributed by atoms with Crippen LogP contribution in [0.25, 0.3) is 23.1 Å². The molecule has 8 nitrogen and oxygen atoms in total. The van der Waals surface area contributed by atoms with Gasteiger partial charge in [-0.3, -0.25) is 0 Å². The fraction of sp³-hybridized carbons (Fsp3) is 0. The van der Waals surface area contributed by atoms with Crippen LogP contribution in [0.15, 0.2) is 76.9 Å². The molecule has 3 aromatic rings. The minimum Gasteiger partial charge on any atom is -0.508 e. The van der Waals surface area contributed by atoms with Gasteiger partial charge in [0.2, 0.25) is 0 Å². The van der Waals surface area contributed by atoms with Crippen molar-refractivity contribution in [2.45, 2.75) is 0 Å². The Morgan fingerprint density at radius 1 is 0.867 bits per heavy atom. The van der Waals surface area contributed by atoms with Crippen LogP contribution in [0.5, 0.6) is 17.2 Å². The number of aromatic hydroxyl groups is 2. The summed E-state index contributed by atoms with van der Waals surface area (Å²) >= 11 is 0. The van der Waals surface area contributed by atoms with Gasteiger partial charge in [0, 0.05) is 23.8 Å². The Morgan fingerprint density at radius 2 is 1.53 bits per heavy atom. The van der Waals surface area contributed by atoms with Gasteiger partial charge in [0.1, 0.15) is 23.0 Å². The molecule has 9 heteroatoms. The van der Waals surface area contributed by atoms with Crippen molar-refractivity contribution in [3.63, 3.8) is 0 Å². The van der Waals surface area contributed by atoms with Crippen molar-refractivity contribution in [1.29, 1.82) is 0 Å². The quantitative estimate of drug-likeness (QED) is 0.553. The Labute approximate surface area is 172 Å². The molecular formula is C21H15ClO8. The Morgan fingerprint density at radius 3 is 2.30 bits per heavy atom. The molecule has 0 aliphatic carbocycles. The van der Waals surface area contributed by atoms with Gasteiger partial charge in [-0.2, -0.15) is 0 Å². The van der Waals surface area contributed by atoms with Crippen molar-refractivity contribution < 1.29 is 48.2 Å². The molecule has 30 heavy (non-hydrogen) atoms. The number of ether oxygens (including phenoxy) is 1. The van der Waals surface area contributed by atoms with Gasteiger partial charge in [0.15, 0.2) is 0 Å². The fourth-order valence-corrected chi connectivity index (χ4v) is 2.58. The van der Waals surface area contributed by atoms with Crippen LogP contribution in [-0.2, 0) is 0 Å². The summed E-state index contributed by atoms with van der Waals surface area (Å²) in [5.41, 5.74) is 1.54. The van der Waals surface area contributed by atoms with Gasteiger partial charge < -0.3 is 14.9 Å². The van der Waals surface area contributed by atoms with E-state index in [9.17, 15) is 10.2 Å². The lowest BCUT2D eigenvalue weighted by Crippen LogP contribution is -2.68. The number of halogens is 1. The minimum absolute atomic E-state index is 0.169. The molecule has 0 atom stereocenters. The molecule has 2 aromatic carbocycles. The van der Waals surface area contributed by atoms with Crippen molar-refractivity contribution in [3.8, 4) is 17.2 Å². The summed E-state index contributed by atoms with van der Waals surface area (Å²) in [6.07, 6.45) is 9.23. The maximum absolute atomic E-state index is 9.54. The van der Waals surface area contributed by atoms with Crippen LogP contribution in [0, 0.1) is 10.2 Å². The van der Waals surface area contributed by atoms with E-state index in [0.29, 0.717) is 22.9 Å². The highest BCUT2D eigenvalue weighted by molar-refractivity contribution is 5.78. The second-order valence-electron chi connectivity index (χ2n) is 6.02. The third kappa shape index (κ3) is 6.31. The molecule has 0 unspecified atom stereocenters. The van der Waals surface area contributed by atoms with Crippen LogP contribution < -0.4 is 23.4 Å². The molecule has 0 saturated carbocycles. The average Bonchev–Trinajstić information content (AvgIpc) is 2.66. The molecule has 4 rings (SSSR count). The topological polar surface area (TPSA) is 153 Å². The van der Waals surface area contributed by atoms with Gasteiger partial charge in [-0.15, -0.1) is 10.2 Å². The van der Waals surface area contributed by atoms with Gasteiger partial charge >= 0.3 is 11.3 Å². The Balaban J connectivity index is 0.000000461. The number of phenols is 2. The van der Waals surface area contributed by atoms with Crippen LogP contribution in [0.1, 0.15) is 11.3 Å². The second-order valence-corrected chi connectivity index (χ2v) is 6.78. The number of benzene rings is 2. The predicted octanol–water partition coefficient (Wildman–Crippen LogP) is 0.372.